The second-order valence-corrected chi connectivity index (χ2v) is 13.6. The summed E-state index contributed by atoms with van der Waals surface area (Å²) < 4.78 is 11.1. The van der Waals surface area contributed by atoms with Crippen molar-refractivity contribution in [2.75, 3.05) is 25.0 Å². The predicted molar refractivity (Wildman–Crippen MR) is 159 cm³/mol. The zero-order chi connectivity index (χ0) is 29.0. The van der Waals surface area contributed by atoms with Crippen molar-refractivity contribution in [1.82, 2.24) is 4.90 Å². The van der Waals surface area contributed by atoms with E-state index in [1.165, 1.54) is 11.3 Å². The first kappa shape index (κ1) is 30.3. The van der Waals surface area contributed by atoms with E-state index in [0.29, 0.717) is 16.5 Å². The molecule has 0 radical (unpaired) electrons. The Morgan fingerprint density at radius 1 is 0.975 bits per heavy atom. The van der Waals surface area contributed by atoms with Crippen molar-refractivity contribution in [2.45, 2.75) is 85.5 Å². The minimum atomic E-state index is -1.05. The van der Waals surface area contributed by atoms with E-state index in [0.717, 1.165) is 62.1 Å². The van der Waals surface area contributed by atoms with E-state index < -0.39 is 23.6 Å². The molecule has 2 aromatic rings. The molecule has 1 saturated heterocycles. The summed E-state index contributed by atoms with van der Waals surface area (Å²) in [4.78, 5) is 45.8. The van der Waals surface area contributed by atoms with E-state index in [9.17, 15) is 14.4 Å². The fraction of sp³-hybridized carbons (Fsp3) is 0.594. The molecule has 1 amide bonds. The van der Waals surface area contributed by atoms with Gasteiger partial charge >= 0.3 is 11.9 Å². The lowest BCUT2D eigenvalue weighted by atomic mass is 9.82. The second kappa shape index (κ2) is 12.9. The molecule has 8 heteroatoms. The SMILES string of the molecule is CC1CCC(C(=O)N(c2cc(-c3ccccc3)sc2C(=O)OC(C)OC(=O)C(C)(C)C)C2CCN(C)CC2)CC1. The number of carbonyl (C=O) groups excluding carboxylic acids is 3. The summed E-state index contributed by atoms with van der Waals surface area (Å²) >= 11 is 1.33. The second-order valence-electron chi connectivity index (χ2n) is 12.5. The van der Waals surface area contributed by atoms with Gasteiger partial charge in [-0.25, -0.2) is 4.79 Å². The monoisotopic (exact) mass is 568 g/mol. The van der Waals surface area contributed by atoms with Crippen molar-refractivity contribution in [1.29, 1.82) is 0 Å². The Morgan fingerprint density at radius 2 is 1.60 bits per heavy atom. The highest BCUT2D eigenvalue weighted by atomic mass is 32.1. The molecule has 2 fully saturated rings. The fourth-order valence-electron chi connectivity index (χ4n) is 5.46. The van der Waals surface area contributed by atoms with Gasteiger partial charge in [-0.15, -0.1) is 11.3 Å². The first-order valence-corrected chi connectivity index (χ1v) is 15.4. The van der Waals surface area contributed by atoms with Gasteiger partial charge in [0.1, 0.15) is 4.88 Å². The fourth-order valence-corrected chi connectivity index (χ4v) is 6.50. The zero-order valence-electron chi connectivity index (χ0n) is 24.8. The largest absolute Gasteiger partial charge is 0.425 e. The number of hydrogen-bond donors (Lipinski definition) is 0. The van der Waals surface area contributed by atoms with Crippen LogP contribution in [0.25, 0.3) is 10.4 Å². The lowest BCUT2D eigenvalue weighted by Crippen LogP contribution is -2.49. The van der Waals surface area contributed by atoms with Crippen LogP contribution in [0.15, 0.2) is 36.4 Å². The minimum absolute atomic E-state index is 0.00367. The molecule has 7 nitrogen and oxygen atoms in total. The number of amides is 1. The third-order valence-electron chi connectivity index (χ3n) is 8.03. The number of thiophene rings is 1. The number of carbonyl (C=O) groups is 3. The highest BCUT2D eigenvalue weighted by molar-refractivity contribution is 7.18. The van der Waals surface area contributed by atoms with Crippen molar-refractivity contribution in [3.63, 3.8) is 0 Å². The van der Waals surface area contributed by atoms with Crippen LogP contribution in [0.5, 0.6) is 0 Å². The quantitative estimate of drug-likeness (QED) is 0.271. The van der Waals surface area contributed by atoms with Gasteiger partial charge in [-0.1, -0.05) is 37.3 Å². The Balaban J connectivity index is 1.71. The summed E-state index contributed by atoms with van der Waals surface area (Å²) in [6.07, 6.45) is 4.47. The molecule has 40 heavy (non-hydrogen) atoms. The van der Waals surface area contributed by atoms with Crippen LogP contribution in [0.4, 0.5) is 5.69 Å². The van der Waals surface area contributed by atoms with Crippen LogP contribution < -0.4 is 4.90 Å². The molecular formula is C32H44N2O5S. The molecule has 1 saturated carbocycles. The molecule has 218 valence electrons. The molecule has 0 spiro atoms. The number of hydrogen-bond acceptors (Lipinski definition) is 7. The lowest BCUT2D eigenvalue weighted by Gasteiger charge is -2.40. The Hall–Kier alpha value is -2.71. The highest BCUT2D eigenvalue weighted by Gasteiger charge is 2.38. The zero-order valence-corrected chi connectivity index (χ0v) is 25.6. The normalized spacial score (nSPS) is 21.4. The van der Waals surface area contributed by atoms with Gasteiger partial charge in [-0.3, -0.25) is 9.59 Å². The molecule has 4 rings (SSSR count). The average Bonchev–Trinajstić information content (AvgIpc) is 3.35. The van der Waals surface area contributed by atoms with Gasteiger partial charge in [-0.05, 0) is 97.0 Å². The molecule has 1 unspecified atom stereocenters. The van der Waals surface area contributed by atoms with Gasteiger partial charge in [-0.2, -0.15) is 0 Å². The Morgan fingerprint density at radius 3 is 2.20 bits per heavy atom. The number of esters is 2. The van der Waals surface area contributed by atoms with Crippen LogP contribution in [-0.2, 0) is 19.1 Å². The number of anilines is 1. The molecule has 2 aliphatic rings. The molecule has 1 aliphatic heterocycles. The van der Waals surface area contributed by atoms with Gasteiger partial charge in [0.05, 0.1) is 11.1 Å². The summed E-state index contributed by atoms with van der Waals surface area (Å²) in [5.74, 6) is -0.334. The predicted octanol–water partition coefficient (Wildman–Crippen LogP) is 6.76. The van der Waals surface area contributed by atoms with Crippen molar-refractivity contribution in [3.8, 4) is 10.4 Å². The number of piperidine rings is 1. The van der Waals surface area contributed by atoms with Crippen LogP contribution in [0.3, 0.4) is 0 Å². The summed E-state index contributed by atoms with van der Waals surface area (Å²) in [5.41, 5.74) is 0.869. The van der Waals surface area contributed by atoms with Gasteiger partial charge in [0.25, 0.3) is 0 Å². The van der Waals surface area contributed by atoms with Gasteiger partial charge < -0.3 is 19.3 Å². The summed E-state index contributed by atoms with van der Waals surface area (Å²) in [6, 6.07) is 11.9. The van der Waals surface area contributed by atoms with Crippen molar-refractivity contribution >= 4 is 34.9 Å². The number of likely N-dealkylation sites (tertiary alicyclic amines) is 1. The number of rotatable bonds is 7. The van der Waals surface area contributed by atoms with Crippen LogP contribution >= 0.6 is 11.3 Å². The molecule has 2 heterocycles. The van der Waals surface area contributed by atoms with Crippen molar-refractivity contribution < 1.29 is 23.9 Å². The summed E-state index contributed by atoms with van der Waals surface area (Å²) in [7, 11) is 2.10. The maximum atomic E-state index is 14.3. The maximum absolute atomic E-state index is 14.3. The first-order valence-electron chi connectivity index (χ1n) is 14.6. The highest BCUT2D eigenvalue weighted by Crippen LogP contribution is 2.41. The molecule has 1 aliphatic carbocycles. The van der Waals surface area contributed by atoms with E-state index in [4.69, 9.17) is 9.47 Å². The van der Waals surface area contributed by atoms with Crippen molar-refractivity contribution in [3.05, 3.63) is 41.3 Å². The van der Waals surface area contributed by atoms with Gasteiger partial charge in [0.15, 0.2) is 0 Å². The maximum Gasteiger partial charge on any atom is 0.353 e. The van der Waals surface area contributed by atoms with Crippen LogP contribution in [0, 0.1) is 17.3 Å². The molecular weight excluding hydrogens is 524 g/mol. The first-order chi connectivity index (χ1) is 18.9. The standard InChI is InChI=1S/C32H44N2O5S/c1-21-12-14-24(15-13-21)29(35)34(25-16-18-33(6)19-17-25)26-20-27(23-10-8-7-9-11-23)40-28(26)30(36)38-22(2)39-31(37)32(3,4)5/h7-11,20-22,24-25H,12-19H2,1-6H3. The molecule has 1 atom stereocenters. The topological polar surface area (TPSA) is 76.1 Å². The van der Waals surface area contributed by atoms with Gasteiger partial charge in [0, 0.05) is 23.8 Å². The van der Waals surface area contributed by atoms with Crippen LogP contribution in [-0.4, -0.2) is 55.2 Å². The number of nitrogens with zero attached hydrogens (tertiary/aromatic N) is 2. The van der Waals surface area contributed by atoms with E-state index in [1.807, 2.05) is 41.3 Å². The Bertz CT molecular complexity index is 1170. The van der Waals surface area contributed by atoms with E-state index in [-0.39, 0.29) is 17.9 Å². The van der Waals surface area contributed by atoms with Gasteiger partial charge in [0.2, 0.25) is 12.2 Å². The summed E-state index contributed by atoms with van der Waals surface area (Å²) in [6.45, 7) is 10.9. The van der Waals surface area contributed by atoms with E-state index in [2.05, 4.69) is 18.9 Å². The molecule has 0 bridgehead atoms. The van der Waals surface area contributed by atoms with Crippen molar-refractivity contribution in [2.24, 2.45) is 17.3 Å². The van der Waals surface area contributed by atoms with Crippen LogP contribution in [0.2, 0.25) is 0 Å². The number of ether oxygens (including phenoxy) is 2. The Labute approximate surface area is 242 Å². The molecule has 1 aromatic heterocycles. The lowest BCUT2D eigenvalue weighted by molar-refractivity contribution is -0.174. The minimum Gasteiger partial charge on any atom is -0.425 e. The Kier molecular flexibility index (Phi) is 9.72. The average molecular weight is 569 g/mol. The molecule has 0 N–H and O–H groups in total. The smallest absolute Gasteiger partial charge is 0.353 e. The number of benzene rings is 1. The molecule has 1 aromatic carbocycles. The third-order valence-corrected chi connectivity index (χ3v) is 9.18. The van der Waals surface area contributed by atoms with E-state index >= 15 is 0 Å². The van der Waals surface area contributed by atoms with E-state index in [1.54, 1.807) is 27.7 Å². The van der Waals surface area contributed by atoms with Crippen LogP contribution in [0.1, 0.15) is 82.8 Å². The third kappa shape index (κ3) is 7.32. The summed E-state index contributed by atoms with van der Waals surface area (Å²) in [5, 5.41) is 0.